The molecule has 4 aromatic rings. The van der Waals surface area contributed by atoms with Crippen LogP contribution in [0.1, 0.15) is 23.9 Å². The van der Waals surface area contributed by atoms with Gasteiger partial charge in [-0.05, 0) is 29.8 Å². The topological polar surface area (TPSA) is 44.3 Å². The number of aromatic nitrogens is 2. The van der Waals surface area contributed by atoms with Gasteiger partial charge in [-0.1, -0.05) is 60.7 Å². The molecule has 0 saturated carbocycles. The fourth-order valence-corrected chi connectivity index (χ4v) is 3.48. The summed E-state index contributed by atoms with van der Waals surface area (Å²) < 4.78 is 0. The lowest BCUT2D eigenvalue weighted by Gasteiger charge is -2.21. The zero-order valence-corrected chi connectivity index (χ0v) is 14.2. The van der Waals surface area contributed by atoms with Crippen LogP contribution < -0.4 is 5.01 Å². The Balaban J connectivity index is 1.59. The standard InChI is InChI=1S/C22H18N4/c1-3-9-16(10-4-1)20-15-21(26(25-20)17-11-5-2-6-12-17)22-23-18-13-7-8-14-19(18)24-22/h1-14,21H,15H2,(H,23,24). The lowest BCUT2D eigenvalue weighted by molar-refractivity contribution is 0.671. The van der Waals surface area contributed by atoms with Gasteiger partial charge in [0.15, 0.2) is 0 Å². The van der Waals surface area contributed by atoms with Crippen LogP contribution in [0.15, 0.2) is 90.0 Å². The number of imidazole rings is 1. The molecule has 0 aliphatic carbocycles. The Hall–Kier alpha value is -3.40. The second kappa shape index (κ2) is 6.15. The lowest BCUT2D eigenvalue weighted by atomic mass is 10.0. The van der Waals surface area contributed by atoms with Crippen molar-refractivity contribution in [1.29, 1.82) is 0 Å². The number of benzene rings is 3. The molecule has 4 nitrogen and oxygen atoms in total. The summed E-state index contributed by atoms with van der Waals surface area (Å²) in [7, 11) is 0. The maximum atomic E-state index is 4.95. The van der Waals surface area contributed by atoms with E-state index in [1.54, 1.807) is 0 Å². The Kier molecular flexibility index (Phi) is 3.53. The highest BCUT2D eigenvalue weighted by Crippen LogP contribution is 2.36. The van der Waals surface area contributed by atoms with Crippen LogP contribution in [0, 0.1) is 0 Å². The lowest BCUT2D eigenvalue weighted by Crippen LogP contribution is -2.19. The molecule has 0 spiro atoms. The van der Waals surface area contributed by atoms with Gasteiger partial charge in [0.05, 0.1) is 22.4 Å². The number of hydrogen-bond acceptors (Lipinski definition) is 3. The van der Waals surface area contributed by atoms with E-state index in [1.165, 1.54) is 0 Å². The molecule has 26 heavy (non-hydrogen) atoms. The number of hydrazone groups is 1. The van der Waals surface area contributed by atoms with Gasteiger partial charge in [0, 0.05) is 6.42 Å². The number of H-pyrrole nitrogens is 1. The molecular weight excluding hydrogens is 320 g/mol. The third-order valence-corrected chi connectivity index (χ3v) is 4.76. The molecule has 1 aromatic heterocycles. The second-order valence-corrected chi connectivity index (χ2v) is 6.45. The van der Waals surface area contributed by atoms with Crippen LogP contribution in [0.5, 0.6) is 0 Å². The quantitative estimate of drug-likeness (QED) is 0.576. The first kappa shape index (κ1) is 14.9. The van der Waals surface area contributed by atoms with Gasteiger partial charge in [0.1, 0.15) is 11.9 Å². The summed E-state index contributed by atoms with van der Waals surface area (Å²) in [6.07, 6.45) is 0.818. The highest BCUT2D eigenvalue weighted by atomic mass is 15.5. The van der Waals surface area contributed by atoms with Crippen LogP contribution in [-0.2, 0) is 0 Å². The summed E-state index contributed by atoms with van der Waals surface area (Å²) in [6, 6.07) is 28.9. The van der Waals surface area contributed by atoms with Gasteiger partial charge >= 0.3 is 0 Å². The Morgan fingerprint density at radius 1 is 0.808 bits per heavy atom. The molecule has 0 bridgehead atoms. The minimum atomic E-state index is 0.0556. The second-order valence-electron chi connectivity index (χ2n) is 6.45. The first-order chi connectivity index (χ1) is 12.9. The molecule has 126 valence electrons. The molecule has 0 saturated heterocycles. The van der Waals surface area contributed by atoms with Crippen molar-refractivity contribution in [2.45, 2.75) is 12.5 Å². The Morgan fingerprint density at radius 2 is 1.50 bits per heavy atom. The van der Waals surface area contributed by atoms with Crippen LogP contribution in [0.25, 0.3) is 11.0 Å². The van der Waals surface area contributed by atoms with E-state index in [2.05, 4.69) is 52.5 Å². The third-order valence-electron chi connectivity index (χ3n) is 4.76. The average Bonchev–Trinajstić information content (AvgIpc) is 3.33. The van der Waals surface area contributed by atoms with E-state index in [4.69, 9.17) is 10.1 Å². The van der Waals surface area contributed by atoms with Gasteiger partial charge < -0.3 is 4.98 Å². The largest absolute Gasteiger partial charge is 0.340 e. The Bertz CT molecular complexity index is 1030. The number of nitrogens with zero attached hydrogens (tertiary/aromatic N) is 3. The zero-order chi connectivity index (χ0) is 17.3. The summed E-state index contributed by atoms with van der Waals surface area (Å²) >= 11 is 0. The van der Waals surface area contributed by atoms with Crippen molar-refractivity contribution < 1.29 is 0 Å². The number of anilines is 1. The summed E-state index contributed by atoms with van der Waals surface area (Å²) in [6.45, 7) is 0. The fourth-order valence-electron chi connectivity index (χ4n) is 3.48. The monoisotopic (exact) mass is 338 g/mol. The van der Waals surface area contributed by atoms with Crippen LogP contribution >= 0.6 is 0 Å². The van der Waals surface area contributed by atoms with E-state index in [9.17, 15) is 0 Å². The minimum Gasteiger partial charge on any atom is -0.340 e. The molecule has 2 heterocycles. The molecule has 5 rings (SSSR count). The molecule has 0 fully saturated rings. The van der Waals surface area contributed by atoms with E-state index in [0.29, 0.717) is 0 Å². The molecular formula is C22H18N4. The van der Waals surface area contributed by atoms with E-state index >= 15 is 0 Å². The van der Waals surface area contributed by atoms with Crippen LogP contribution in [-0.4, -0.2) is 15.7 Å². The van der Waals surface area contributed by atoms with Gasteiger partial charge in [-0.2, -0.15) is 5.10 Å². The number of fused-ring (bicyclic) bond motifs is 1. The first-order valence-electron chi connectivity index (χ1n) is 8.80. The van der Waals surface area contributed by atoms with Crippen molar-refractivity contribution in [1.82, 2.24) is 9.97 Å². The summed E-state index contributed by atoms with van der Waals surface area (Å²) in [5.74, 6) is 0.949. The number of hydrogen-bond donors (Lipinski definition) is 1. The molecule has 1 unspecified atom stereocenters. The normalized spacial score (nSPS) is 16.8. The molecule has 1 atom stereocenters. The maximum Gasteiger partial charge on any atom is 0.132 e. The van der Waals surface area contributed by atoms with Crippen LogP contribution in [0.3, 0.4) is 0 Å². The van der Waals surface area contributed by atoms with Crippen molar-refractivity contribution in [2.75, 3.05) is 5.01 Å². The van der Waals surface area contributed by atoms with E-state index in [0.717, 1.165) is 40.2 Å². The summed E-state index contributed by atoms with van der Waals surface area (Å²) in [5, 5.41) is 7.03. The zero-order valence-electron chi connectivity index (χ0n) is 14.2. The van der Waals surface area contributed by atoms with Crippen LogP contribution in [0.4, 0.5) is 5.69 Å². The van der Waals surface area contributed by atoms with Crippen molar-refractivity contribution in [3.8, 4) is 0 Å². The predicted octanol–water partition coefficient (Wildman–Crippen LogP) is 4.92. The van der Waals surface area contributed by atoms with E-state index < -0.39 is 0 Å². The molecule has 1 N–H and O–H groups in total. The third kappa shape index (κ3) is 2.56. The highest BCUT2D eigenvalue weighted by molar-refractivity contribution is 6.03. The van der Waals surface area contributed by atoms with Crippen molar-refractivity contribution >= 4 is 22.4 Å². The smallest absolute Gasteiger partial charge is 0.132 e. The molecule has 3 aromatic carbocycles. The average molecular weight is 338 g/mol. The summed E-state index contributed by atoms with van der Waals surface area (Å²) in [4.78, 5) is 8.31. The number of nitrogens with one attached hydrogen (secondary N) is 1. The SMILES string of the molecule is c1ccc(C2=NN(c3ccccc3)C(c3nc4ccccc4[nH]3)C2)cc1. The first-order valence-corrected chi connectivity index (χ1v) is 8.80. The molecule has 0 radical (unpaired) electrons. The molecule has 1 aliphatic rings. The number of rotatable bonds is 3. The van der Waals surface area contributed by atoms with Crippen molar-refractivity contribution in [3.63, 3.8) is 0 Å². The van der Waals surface area contributed by atoms with Crippen LogP contribution in [0.2, 0.25) is 0 Å². The van der Waals surface area contributed by atoms with Gasteiger partial charge in [0.25, 0.3) is 0 Å². The molecule has 1 aliphatic heterocycles. The van der Waals surface area contributed by atoms with E-state index in [-0.39, 0.29) is 6.04 Å². The molecule has 0 amide bonds. The van der Waals surface area contributed by atoms with Gasteiger partial charge in [-0.15, -0.1) is 0 Å². The highest BCUT2D eigenvalue weighted by Gasteiger charge is 2.32. The van der Waals surface area contributed by atoms with Crippen molar-refractivity contribution in [3.05, 3.63) is 96.3 Å². The molecule has 4 heteroatoms. The predicted molar refractivity (Wildman–Crippen MR) is 105 cm³/mol. The van der Waals surface area contributed by atoms with Gasteiger partial charge in [-0.3, -0.25) is 5.01 Å². The summed E-state index contributed by atoms with van der Waals surface area (Å²) in [5.41, 5.74) is 5.36. The van der Waals surface area contributed by atoms with E-state index in [1.807, 2.05) is 42.5 Å². The fraction of sp³-hybridized carbons (Fsp3) is 0.0909. The maximum absolute atomic E-state index is 4.95. The van der Waals surface area contributed by atoms with Gasteiger partial charge in [0.2, 0.25) is 0 Å². The number of aromatic amines is 1. The number of para-hydroxylation sites is 3. The Morgan fingerprint density at radius 3 is 2.27 bits per heavy atom. The Labute approximate surface area is 151 Å². The minimum absolute atomic E-state index is 0.0556. The van der Waals surface area contributed by atoms with Gasteiger partial charge in [-0.25, -0.2) is 4.98 Å². The van der Waals surface area contributed by atoms with Crippen molar-refractivity contribution in [2.24, 2.45) is 5.10 Å².